The molecule has 146 valence electrons. The number of amides is 3. The molecule has 28 heavy (non-hydrogen) atoms. The lowest BCUT2D eigenvalue weighted by Gasteiger charge is -2.36. The van der Waals surface area contributed by atoms with Crippen LogP contribution in [-0.2, 0) is 9.53 Å². The first-order valence-corrected chi connectivity index (χ1v) is 9.20. The van der Waals surface area contributed by atoms with E-state index in [-0.39, 0.29) is 23.4 Å². The normalized spacial score (nSPS) is 24.9. The van der Waals surface area contributed by atoms with Crippen LogP contribution in [0.3, 0.4) is 0 Å². The van der Waals surface area contributed by atoms with Crippen molar-refractivity contribution in [2.24, 2.45) is 11.8 Å². The van der Waals surface area contributed by atoms with E-state index in [1.165, 1.54) is 0 Å². The minimum absolute atomic E-state index is 0.161. The molecule has 1 aromatic heterocycles. The van der Waals surface area contributed by atoms with E-state index in [1.54, 1.807) is 37.7 Å². The Bertz CT molecular complexity index is 896. The molecule has 3 aliphatic rings. The van der Waals surface area contributed by atoms with E-state index >= 15 is 0 Å². The van der Waals surface area contributed by atoms with Gasteiger partial charge in [-0.05, 0) is 49.8 Å². The van der Waals surface area contributed by atoms with Gasteiger partial charge < -0.3 is 14.8 Å². The number of methoxy groups -OCH3 is 1. The Morgan fingerprint density at radius 3 is 2.61 bits per heavy atom. The van der Waals surface area contributed by atoms with Crippen LogP contribution in [-0.4, -0.2) is 34.6 Å². The maximum atomic E-state index is 12.4. The number of fused-ring (bicyclic) bond motifs is 1. The predicted molar refractivity (Wildman–Crippen MR) is 101 cm³/mol. The first kappa shape index (κ1) is 18.4. The molecule has 8 heteroatoms. The van der Waals surface area contributed by atoms with Gasteiger partial charge in [-0.3, -0.25) is 10.1 Å². The summed E-state index contributed by atoms with van der Waals surface area (Å²) in [7, 11) is 1.68. The zero-order valence-electron chi connectivity index (χ0n) is 15.8. The number of carbonyl (C=O) groups excluding carboxylic acids is 2. The number of aryl methyl sites for hydroxylation is 1. The second-order valence-corrected chi connectivity index (χ2v) is 7.42. The van der Waals surface area contributed by atoms with Crippen LogP contribution in [0.15, 0.2) is 36.7 Å². The van der Waals surface area contributed by atoms with Crippen LogP contribution >= 0.6 is 0 Å². The molecule has 3 amide bonds. The Kier molecular flexibility index (Phi) is 4.72. The molecule has 0 saturated heterocycles. The Labute approximate surface area is 162 Å². The molecule has 2 N–H and O–H groups in total. The lowest BCUT2D eigenvalue weighted by molar-refractivity contribution is -0.124. The molecule has 2 bridgehead atoms. The predicted octanol–water partition coefficient (Wildman–Crippen LogP) is 3.04. The largest absolute Gasteiger partial charge is 0.424 e. The molecule has 1 unspecified atom stereocenters. The van der Waals surface area contributed by atoms with E-state index in [4.69, 9.17) is 9.47 Å². The van der Waals surface area contributed by atoms with E-state index < -0.39 is 6.03 Å². The molecule has 0 radical (unpaired) electrons. The summed E-state index contributed by atoms with van der Waals surface area (Å²) in [5.41, 5.74) is 1.21. The first-order valence-electron chi connectivity index (χ1n) is 9.20. The van der Waals surface area contributed by atoms with Crippen LogP contribution in [0.25, 0.3) is 0 Å². The summed E-state index contributed by atoms with van der Waals surface area (Å²) in [4.78, 5) is 32.7. The van der Waals surface area contributed by atoms with Crippen molar-refractivity contribution >= 4 is 17.6 Å². The molecular weight excluding hydrogens is 360 g/mol. The highest BCUT2D eigenvalue weighted by Gasteiger charge is 2.58. The van der Waals surface area contributed by atoms with Crippen molar-refractivity contribution in [1.29, 1.82) is 0 Å². The van der Waals surface area contributed by atoms with Crippen molar-refractivity contribution in [1.82, 2.24) is 15.3 Å². The van der Waals surface area contributed by atoms with Gasteiger partial charge in [-0.25, -0.2) is 14.8 Å². The number of aromatic nitrogens is 2. The monoisotopic (exact) mass is 382 g/mol. The Morgan fingerprint density at radius 2 is 1.93 bits per heavy atom. The molecule has 8 nitrogen and oxygen atoms in total. The number of ether oxygens (including phenoxy) is 2. The van der Waals surface area contributed by atoms with Crippen LogP contribution in [0.2, 0.25) is 0 Å². The molecule has 1 atom stereocenters. The van der Waals surface area contributed by atoms with Gasteiger partial charge in [0.2, 0.25) is 5.91 Å². The van der Waals surface area contributed by atoms with Gasteiger partial charge in [0.25, 0.3) is 0 Å². The van der Waals surface area contributed by atoms with Crippen molar-refractivity contribution in [2.45, 2.75) is 31.8 Å². The lowest BCUT2D eigenvalue weighted by Crippen LogP contribution is -2.40. The average molecular weight is 382 g/mol. The highest BCUT2D eigenvalue weighted by molar-refractivity contribution is 6.02. The number of hydrogen-bond donors (Lipinski definition) is 2. The molecule has 2 aromatic rings. The lowest BCUT2D eigenvalue weighted by atomic mass is 9.78. The van der Waals surface area contributed by atoms with Crippen molar-refractivity contribution in [3.8, 4) is 11.8 Å². The molecular formula is C20H22N4O4. The number of nitrogens with zero attached hydrogens (tertiary/aromatic N) is 2. The molecule has 0 spiro atoms. The van der Waals surface area contributed by atoms with Crippen LogP contribution in [0.5, 0.6) is 11.8 Å². The number of hydrogen-bond acceptors (Lipinski definition) is 6. The second kappa shape index (κ2) is 7.20. The molecule has 3 fully saturated rings. The standard InChI is InChI=1S/C20H22N4O4/c1-12-4-5-14(8-16(12)28-19-21-6-3-7-22-19)23-18(26)24-17(25)15-11-20(27-2)9-13(15)10-20/h3-8,13,15H,9-11H2,1-2H3,(H2,23,24,25,26). The Hall–Kier alpha value is -3.00. The smallest absolute Gasteiger partial charge is 0.325 e. The molecule has 5 rings (SSSR count). The van der Waals surface area contributed by atoms with Crippen molar-refractivity contribution in [3.63, 3.8) is 0 Å². The third kappa shape index (κ3) is 3.55. The molecule has 1 heterocycles. The zero-order valence-corrected chi connectivity index (χ0v) is 15.8. The second-order valence-electron chi connectivity index (χ2n) is 7.42. The Morgan fingerprint density at radius 1 is 1.18 bits per heavy atom. The fourth-order valence-corrected chi connectivity index (χ4v) is 4.06. The zero-order chi connectivity index (χ0) is 19.7. The van der Waals surface area contributed by atoms with Gasteiger partial charge in [-0.15, -0.1) is 0 Å². The number of rotatable bonds is 5. The summed E-state index contributed by atoms with van der Waals surface area (Å²) < 4.78 is 11.2. The SMILES string of the molecule is COC12CC(C1)C(C(=O)NC(=O)Nc1ccc(C)c(Oc3ncccn3)c1)C2. The van der Waals surface area contributed by atoms with Gasteiger partial charge in [0.1, 0.15) is 5.75 Å². The maximum Gasteiger partial charge on any atom is 0.325 e. The van der Waals surface area contributed by atoms with E-state index in [1.807, 2.05) is 13.0 Å². The van der Waals surface area contributed by atoms with E-state index in [9.17, 15) is 9.59 Å². The van der Waals surface area contributed by atoms with Gasteiger partial charge in [0.15, 0.2) is 0 Å². The molecule has 1 aromatic carbocycles. The summed E-state index contributed by atoms with van der Waals surface area (Å²) in [6, 6.07) is 6.57. The minimum Gasteiger partial charge on any atom is -0.424 e. The van der Waals surface area contributed by atoms with Gasteiger partial charge in [-0.2, -0.15) is 0 Å². The van der Waals surface area contributed by atoms with E-state index in [0.29, 0.717) is 23.8 Å². The van der Waals surface area contributed by atoms with Gasteiger partial charge in [0.05, 0.1) is 5.60 Å². The molecule has 3 saturated carbocycles. The summed E-state index contributed by atoms with van der Waals surface area (Å²) in [5.74, 6) is 0.407. The number of carbonyl (C=O) groups is 2. The highest BCUT2D eigenvalue weighted by Crippen LogP contribution is 2.57. The van der Waals surface area contributed by atoms with Crippen molar-refractivity contribution < 1.29 is 19.1 Å². The summed E-state index contributed by atoms with van der Waals surface area (Å²) in [6.07, 6.45) is 5.62. The fourth-order valence-electron chi connectivity index (χ4n) is 4.06. The topological polar surface area (TPSA) is 102 Å². The summed E-state index contributed by atoms with van der Waals surface area (Å²) >= 11 is 0. The summed E-state index contributed by atoms with van der Waals surface area (Å²) in [6.45, 7) is 1.88. The number of nitrogens with one attached hydrogen (secondary N) is 2. The third-order valence-corrected chi connectivity index (χ3v) is 5.63. The number of urea groups is 1. The third-order valence-electron chi connectivity index (χ3n) is 5.63. The van der Waals surface area contributed by atoms with Crippen LogP contribution in [0.1, 0.15) is 24.8 Å². The molecule has 3 aliphatic carbocycles. The first-order chi connectivity index (χ1) is 13.5. The van der Waals surface area contributed by atoms with E-state index in [0.717, 1.165) is 18.4 Å². The van der Waals surface area contributed by atoms with Crippen molar-refractivity contribution in [3.05, 3.63) is 42.2 Å². The van der Waals surface area contributed by atoms with E-state index in [2.05, 4.69) is 20.6 Å². The quantitative estimate of drug-likeness (QED) is 0.824. The maximum absolute atomic E-state index is 12.4. The van der Waals surface area contributed by atoms with Crippen LogP contribution < -0.4 is 15.4 Å². The Balaban J connectivity index is 1.37. The van der Waals surface area contributed by atoms with Crippen LogP contribution in [0, 0.1) is 18.8 Å². The van der Waals surface area contributed by atoms with Gasteiger partial charge in [0, 0.05) is 37.2 Å². The fraction of sp³-hybridized carbons (Fsp3) is 0.400. The van der Waals surface area contributed by atoms with Gasteiger partial charge in [-0.1, -0.05) is 6.07 Å². The molecule has 0 aliphatic heterocycles. The minimum atomic E-state index is -0.564. The number of anilines is 1. The average Bonchev–Trinajstić information content (AvgIpc) is 3.22. The van der Waals surface area contributed by atoms with Gasteiger partial charge >= 0.3 is 12.0 Å². The van der Waals surface area contributed by atoms with Crippen molar-refractivity contribution in [2.75, 3.05) is 12.4 Å². The number of imide groups is 1. The van der Waals surface area contributed by atoms with Crippen LogP contribution in [0.4, 0.5) is 10.5 Å². The summed E-state index contributed by atoms with van der Waals surface area (Å²) in [5, 5.41) is 5.12. The highest BCUT2D eigenvalue weighted by atomic mass is 16.5. The number of benzene rings is 1.